The maximum absolute atomic E-state index is 4.53. The van der Waals surface area contributed by atoms with Gasteiger partial charge in [-0.3, -0.25) is 0 Å². The molecule has 0 radical (unpaired) electrons. The topological polar surface area (TPSA) is 83.8 Å². The Morgan fingerprint density at radius 3 is 3.10 bits per heavy atom. The lowest BCUT2D eigenvalue weighted by atomic mass is 10.2. The van der Waals surface area contributed by atoms with Gasteiger partial charge < -0.3 is 10.3 Å². The van der Waals surface area contributed by atoms with Gasteiger partial charge in [-0.25, -0.2) is 14.5 Å². The third-order valence-electron chi connectivity index (χ3n) is 3.19. The van der Waals surface area contributed by atoms with Crippen LogP contribution >= 0.6 is 0 Å². The zero-order valence-electron chi connectivity index (χ0n) is 10.7. The maximum atomic E-state index is 4.53. The molecule has 0 fully saturated rings. The number of nitrogens with zero attached hydrogens (tertiary/aromatic N) is 5. The highest BCUT2D eigenvalue weighted by Crippen LogP contribution is 2.26. The zero-order chi connectivity index (χ0) is 13.5. The van der Waals surface area contributed by atoms with Gasteiger partial charge in [-0.2, -0.15) is 10.1 Å². The van der Waals surface area contributed by atoms with E-state index in [0.717, 1.165) is 27.9 Å². The van der Waals surface area contributed by atoms with Crippen molar-refractivity contribution < 1.29 is 0 Å². The van der Waals surface area contributed by atoms with Crippen molar-refractivity contribution in [1.29, 1.82) is 0 Å². The van der Waals surface area contributed by atoms with Crippen LogP contribution in [-0.4, -0.2) is 36.6 Å². The van der Waals surface area contributed by atoms with Crippen LogP contribution < -0.4 is 5.32 Å². The number of nitrogens with one attached hydrogen (secondary N) is 2. The fourth-order valence-corrected chi connectivity index (χ4v) is 2.20. The van der Waals surface area contributed by atoms with Gasteiger partial charge in [0.05, 0.1) is 5.69 Å². The average molecular weight is 265 g/mol. The fourth-order valence-electron chi connectivity index (χ4n) is 2.20. The maximum Gasteiger partial charge on any atom is 0.224 e. The minimum absolute atomic E-state index is 0.587. The number of hydrogen-bond acceptors (Lipinski definition) is 5. The van der Waals surface area contributed by atoms with Crippen molar-refractivity contribution in [2.24, 2.45) is 0 Å². The van der Waals surface area contributed by atoms with Gasteiger partial charge in [0.25, 0.3) is 0 Å². The molecule has 4 aromatic heterocycles. The molecule has 0 bridgehead atoms. The summed E-state index contributed by atoms with van der Waals surface area (Å²) in [5.41, 5.74) is 3.43. The number of hydrogen-bond donors (Lipinski definition) is 2. The molecule has 0 aliphatic heterocycles. The molecule has 2 N–H and O–H groups in total. The van der Waals surface area contributed by atoms with Crippen molar-refractivity contribution in [3.8, 4) is 11.3 Å². The molecule has 0 saturated carbocycles. The third kappa shape index (κ3) is 1.53. The number of rotatable bonds is 2. The summed E-state index contributed by atoms with van der Waals surface area (Å²) < 4.78 is 1.75. The van der Waals surface area contributed by atoms with Crippen molar-refractivity contribution in [1.82, 2.24) is 29.5 Å². The molecule has 0 amide bonds. The quantitative estimate of drug-likeness (QED) is 0.576. The van der Waals surface area contributed by atoms with Crippen LogP contribution in [0.4, 0.5) is 5.95 Å². The molecule has 0 aliphatic rings. The number of fused-ring (bicyclic) bond motifs is 2. The van der Waals surface area contributed by atoms with Gasteiger partial charge in [0.1, 0.15) is 5.65 Å². The Hall–Kier alpha value is -2.96. The van der Waals surface area contributed by atoms with Crippen LogP contribution in [0.15, 0.2) is 36.9 Å². The zero-order valence-corrected chi connectivity index (χ0v) is 10.7. The molecule has 0 unspecified atom stereocenters. The lowest BCUT2D eigenvalue weighted by Gasteiger charge is -2.00. The summed E-state index contributed by atoms with van der Waals surface area (Å²) in [6.07, 6.45) is 7.23. The van der Waals surface area contributed by atoms with Crippen molar-refractivity contribution in [2.45, 2.75) is 0 Å². The monoisotopic (exact) mass is 265 g/mol. The number of H-pyrrole nitrogens is 1. The molecular formula is C13H11N7. The van der Waals surface area contributed by atoms with Crippen LogP contribution in [0.2, 0.25) is 0 Å². The van der Waals surface area contributed by atoms with E-state index in [4.69, 9.17) is 0 Å². The summed E-state index contributed by atoms with van der Waals surface area (Å²) in [4.78, 5) is 15.9. The van der Waals surface area contributed by atoms with Crippen LogP contribution in [0, 0.1) is 0 Å². The number of aromatic nitrogens is 6. The van der Waals surface area contributed by atoms with E-state index in [1.807, 2.05) is 24.5 Å². The first kappa shape index (κ1) is 10.9. The molecule has 7 nitrogen and oxygen atoms in total. The van der Waals surface area contributed by atoms with E-state index in [1.165, 1.54) is 0 Å². The van der Waals surface area contributed by atoms with E-state index in [2.05, 4.69) is 30.4 Å². The molecule has 7 heteroatoms. The molecule has 0 spiro atoms. The van der Waals surface area contributed by atoms with E-state index in [9.17, 15) is 0 Å². The van der Waals surface area contributed by atoms with E-state index < -0.39 is 0 Å². The Balaban J connectivity index is 1.92. The van der Waals surface area contributed by atoms with E-state index >= 15 is 0 Å². The van der Waals surface area contributed by atoms with Gasteiger partial charge in [0.15, 0.2) is 5.65 Å². The Morgan fingerprint density at radius 1 is 1.25 bits per heavy atom. The minimum Gasteiger partial charge on any atom is -0.357 e. The predicted molar refractivity (Wildman–Crippen MR) is 75.4 cm³/mol. The second kappa shape index (κ2) is 4.02. The van der Waals surface area contributed by atoms with Crippen LogP contribution in [-0.2, 0) is 0 Å². The average Bonchev–Trinajstić information content (AvgIpc) is 3.11. The van der Waals surface area contributed by atoms with E-state index in [-0.39, 0.29) is 0 Å². The molecule has 4 aromatic rings. The van der Waals surface area contributed by atoms with Crippen LogP contribution in [0.25, 0.3) is 27.9 Å². The molecule has 4 heterocycles. The van der Waals surface area contributed by atoms with Crippen molar-refractivity contribution in [3.63, 3.8) is 0 Å². The molecule has 4 rings (SSSR count). The van der Waals surface area contributed by atoms with Crippen LogP contribution in [0.1, 0.15) is 0 Å². The van der Waals surface area contributed by atoms with Gasteiger partial charge in [-0.15, -0.1) is 0 Å². The van der Waals surface area contributed by atoms with E-state index in [1.54, 1.807) is 24.0 Å². The highest BCUT2D eigenvalue weighted by molar-refractivity contribution is 5.92. The van der Waals surface area contributed by atoms with E-state index in [0.29, 0.717) is 5.95 Å². The molecule has 0 atom stereocenters. The predicted octanol–water partition coefficient (Wildman–Crippen LogP) is 1.71. The third-order valence-corrected chi connectivity index (χ3v) is 3.19. The van der Waals surface area contributed by atoms with Crippen LogP contribution in [0.3, 0.4) is 0 Å². The largest absolute Gasteiger partial charge is 0.357 e. The smallest absolute Gasteiger partial charge is 0.224 e. The van der Waals surface area contributed by atoms with Gasteiger partial charge in [0, 0.05) is 42.8 Å². The molecule has 98 valence electrons. The number of imidazole rings is 1. The molecule has 20 heavy (non-hydrogen) atoms. The highest BCUT2D eigenvalue weighted by Gasteiger charge is 2.10. The first-order chi connectivity index (χ1) is 9.85. The Labute approximate surface area is 113 Å². The lowest BCUT2D eigenvalue weighted by Crippen LogP contribution is -1.96. The summed E-state index contributed by atoms with van der Waals surface area (Å²) in [6, 6.07) is 3.88. The van der Waals surface area contributed by atoms with Crippen LogP contribution in [0.5, 0.6) is 0 Å². The summed E-state index contributed by atoms with van der Waals surface area (Å²) in [7, 11) is 1.79. The fraction of sp³-hybridized carbons (Fsp3) is 0.0769. The molecule has 0 aromatic carbocycles. The molecule has 0 saturated heterocycles. The summed E-state index contributed by atoms with van der Waals surface area (Å²) in [6.45, 7) is 0. The van der Waals surface area contributed by atoms with Crippen molar-refractivity contribution >= 4 is 22.6 Å². The van der Waals surface area contributed by atoms with Gasteiger partial charge >= 0.3 is 0 Å². The summed E-state index contributed by atoms with van der Waals surface area (Å²) in [5.74, 6) is 0.587. The first-order valence-corrected chi connectivity index (χ1v) is 6.18. The molecular weight excluding hydrogens is 254 g/mol. The van der Waals surface area contributed by atoms with Crippen molar-refractivity contribution in [2.75, 3.05) is 12.4 Å². The van der Waals surface area contributed by atoms with Gasteiger partial charge in [-0.05, 0) is 12.1 Å². The first-order valence-electron chi connectivity index (χ1n) is 6.18. The second-order valence-corrected chi connectivity index (χ2v) is 4.36. The normalized spacial score (nSPS) is 11.2. The standard InChI is InChI=1S/C13H11N7/c1-14-13-17-7-9-8(6-16-12(9)18-13)10-2-3-11-15-4-5-20(11)19-10/h2-7H,1H3,(H2,14,16,17,18). The number of aromatic amines is 1. The minimum atomic E-state index is 0.587. The van der Waals surface area contributed by atoms with Gasteiger partial charge in [0.2, 0.25) is 5.95 Å². The highest BCUT2D eigenvalue weighted by atomic mass is 15.2. The molecule has 0 aliphatic carbocycles. The Morgan fingerprint density at radius 2 is 2.20 bits per heavy atom. The van der Waals surface area contributed by atoms with Gasteiger partial charge in [-0.1, -0.05) is 0 Å². The Bertz CT molecular complexity index is 905. The number of anilines is 1. The Kier molecular flexibility index (Phi) is 2.19. The second-order valence-electron chi connectivity index (χ2n) is 4.36. The summed E-state index contributed by atoms with van der Waals surface area (Å²) in [5, 5.41) is 8.39. The lowest BCUT2D eigenvalue weighted by molar-refractivity contribution is 0.943. The summed E-state index contributed by atoms with van der Waals surface area (Å²) >= 11 is 0. The van der Waals surface area contributed by atoms with Crippen molar-refractivity contribution in [3.05, 3.63) is 36.9 Å². The SMILES string of the molecule is CNc1ncc2c(-c3ccc4nccn4n3)c[nH]c2n1.